The molecule has 0 saturated carbocycles. The standard InChI is InChI=1S/C26H19ClN4O2S/c27-18-9-5-16(6-10-18)15-33-19-11-7-17(8-12-19)20-13-24(32)30-25-21(20)14-28-31(25)26-29-22-3-1-2-4-23(22)34-26/h1-12,14,20H,13,15H2,(H,30,32)/t20-/m0/s1. The molecule has 5 aromatic rings. The van der Waals surface area contributed by atoms with Crippen LogP contribution >= 0.6 is 22.9 Å². The van der Waals surface area contributed by atoms with Crippen molar-refractivity contribution in [3.63, 3.8) is 0 Å². The monoisotopic (exact) mass is 486 g/mol. The van der Waals surface area contributed by atoms with Gasteiger partial charge < -0.3 is 10.1 Å². The third-order valence-corrected chi connectivity index (χ3v) is 7.15. The first-order chi connectivity index (χ1) is 16.6. The van der Waals surface area contributed by atoms with Crippen molar-refractivity contribution in [3.8, 4) is 10.9 Å². The van der Waals surface area contributed by atoms with E-state index in [4.69, 9.17) is 21.3 Å². The lowest BCUT2D eigenvalue weighted by atomic mass is 9.87. The summed E-state index contributed by atoms with van der Waals surface area (Å²) in [6.07, 6.45) is 2.19. The molecule has 1 atom stereocenters. The highest BCUT2D eigenvalue weighted by molar-refractivity contribution is 7.20. The van der Waals surface area contributed by atoms with Crippen molar-refractivity contribution >= 4 is 44.9 Å². The fourth-order valence-electron chi connectivity index (χ4n) is 4.16. The van der Waals surface area contributed by atoms with Crippen LogP contribution in [-0.4, -0.2) is 20.7 Å². The van der Waals surface area contributed by atoms with E-state index in [1.54, 1.807) is 16.0 Å². The van der Waals surface area contributed by atoms with Crippen LogP contribution in [0.25, 0.3) is 15.3 Å². The lowest BCUT2D eigenvalue weighted by Crippen LogP contribution is -2.24. The highest BCUT2D eigenvalue weighted by atomic mass is 35.5. The van der Waals surface area contributed by atoms with Crippen molar-refractivity contribution in [3.05, 3.63) is 101 Å². The molecule has 0 fully saturated rings. The molecule has 1 aliphatic rings. The first kappa shape index (κ1) is 20.9. The second kappa shape index (κ2) is 8.59. The van der Waals surface area contributed by atoms with E-state index < -0.39 is 0 Å². The molecule has 0 unspecified atom stereocenters. The molecule has 1 aliphatic heterocycles. The quantitative estimate of drug-likeness (QED) is 0.321. The highest BCUT2D eigenvalue weighted by Crippen LogP contribution is 2.39. The number of ether oxygens (including phenoxy) is 1. The maximum Gasteiger partial charge on any atom is 0.226 e. The van der Waals surface area contributed by atoms with E-state index in [1.165, 1.54) is 0 Å². The van der Waals surface area contributed by atoms with Crippen LogP contribution in [-0.2, 0) is 11.4 Å². The van der Waals surface area contributed by atoms with Gasteiger partial charge in [-0.2, -0.15) is 9.78 Å². The number of aromatic nitrogens is 3. The first-order valence-electron chi connectivity index (χ1n) is 10.8. The third-order valence-electron chi connectivity index (χ3n) is 5.89. The minimum Gasteiger partial charge on any atom is -0.489 e. The summed E-state index contributed by atoms with van der Waals surface area (Å²) in [4.78, 5) is 17.3. The van der Waals surface area contributed by atoms with E-state index in [9.17, 15) is 4.79 Å². The molecule has 8 heteroatoms. The molecule has 0 spiro atoms. The van der Waals surface area contributed by atoms with Crippen molar-refractivity contribution in [1.29, 1.82) is 0 Å². The summed E-state index contributed by atoms with van der Waals surface area (Å²) < 4.78 is 8.72. The number of nitrogens with zero attached hydrogens (tertiary/aromatic N) is 3. The van der Waals surface area contributed by atoms with Gasteiger partial charge in [-0.25, -0.2) is 4.98 Å². The lowest BCUT2D eigenvalue weighted by Gasteiger charge is -2.23. The minimum atomic E-state index is -0.0859. The Bertz CT molecular complexity index is 1460. The lowest BCUT2D eigenvalue weighted by molar-refractivity contribution is -0.116. The number of rotatable bonds is 5. The molecule has 3 aromatic carbocycles. The number of hydrogen-bond acceptors (Lipinski definition) is 5. The number of anilines is 1. The van der Waals surface area contributed by atoms with Crippen molar-refractivity contribution in [2.24, 2.45) is 0 Å². The van der Waals surface area contributed by atoms with Gasteiger partial charge in [-0.3, -0.25) is 4.79 Å². The van der Waals surface area contributed by atoms with E-state index >= 15 is 0 Å². The van der Waals surface area contributed by atoms with Gasteiger partial charge in [0.2, 0.25) is 11.0 Å². The van der Waals surface area contributed by atoms with Crippen LogP contribution in [0.15, 0.2) is 79.0 Å². The zero-order valence-electron chi connectivity index (χ0n) is 17.9. The van der Waals surface area contributed by atoms with Gasteiger partial charge in [0.1, 0.15) is 18.2 Å². The van der Waals surface area contributed by atoms with Crippen molar-refractivity contribution < 1.29 is 9.53 Å². The second-order valence-electron chi connectivity index (χ2n) is 8.11. The summed E-state index contributed by atoms with van der Waals surface area (Å²) in [5.74, 6) is 1.33. The molecule has 2 aromatic heterocycles. The zero-order valence-corrected chi connectivity index (χ0v) is 19.5. The Morgan fingerprint density at radius 2 is 1.85 bits per heavy atom. The number of benzene rings is 3. The average Bonchev–Trinajstić information content (AvgIpc) is 3.47. The molecular formula is C26H19ClN4O2S. The van der Waals surface area contributed by atoms with Crippen LogP contribution in [0.4, 0.5) is 5.82 Å². The number of fused-ring (bicyclic) bond motifs is 2. The van der Waals surface area contributed by atoms with E-state index in [0.29, 0.717) is 23.9 Å². The number of halogens is 1. The van der Waals surface area contributed by atoms with Crippen LogP contribution in [0.5, 0.6) is 5.75 Å². The van der Waals surface area contributed by atoms with Crippen LogP contribution in [0, 0.1) is 0 Å². The predicted molar refractivity (Wildman–Crippen MR) is 134 cm³/mol. The summed E-state index contributed by atoms with van der Waals surface area (Å²) >= 11 is 7.49. The number of carbonyl (C=O) groups is 1. The number of carbonyl (C=O) groups excluding carboxylic acids is 1. The average molecular weight is 487 g/mol. The largest absolute Gasteiger partial charge is 0.489 e. The third kappa shape index (κ3) is 3.93. The van der Waals surface area contributed by atoms with E-state index in [-0.39, 0.29) is 11.8 Å². The summed E-state index contributed by atoms with van der Waals surface area (Å²) in [5.41, 5.74) is 3.98. The number of thiazole rings is 1. The molecule has 6 nitrogen and oxygen atoms in total. The molecule has 1 amide bonds. The topological polar surface area (TPSA) is 69.0 Å². The van der Waals surface area contributed by atoms with Crippen LogP contribution in [0.1, 0.15) is 29.0 Å². The molecule has 168 valence electrons. The second-order valence-corrected chi connectivity index (χ2v) is 9.56. The van der Waals surface area contributed by atoms with Gasteiger partial charge in [-0.05, 0) is 47.5 Å². The summed E-state index contributed by atoms with van der Waals surface area (Å²) in [6.45, 7) is 0.460. The molecule has 3 heterocycles. The fourth-order valence-corrected chi connectivity index (χ4v) is 5.21. The Labute approximate surface area is 204 Å². The number of nitrogens with one attached hydrogen (secondary N) is 1. The van der Waals surface area contributed by atoms with Crippen LogP contribution in [0.2, 0.25) is 5.02 Å². The van der Waals surface area contributed by atoms with Crippen LogP contribution < -0.4 is 10.1 Å². The van der Waals surface area contributed by atoms with E-state index in [2.05, 4.69) is 10.4 Å². The molecule has 0 aliphatic carbocycles. The number of para-hydroxylation sites is 1. The predicted octanol–water partition coefficient (Wildman–Crippen LogP) is 6.19. The van der Waals surface area contributed by atoms with Crippen molar-refractivity contribution in [2.45, 2.75) is 18.9 Å². The first-order valence-corrected chi connectivity index (χ1v) is 12.0. The minimum absolute atomic E-state index is 0.0385. The molecule has 0 radical (unpaired) electrons. The molecule has 0 saturated heterocycles. The molecule has 0 bridgehead atoms. The van der Waals surface area contributed by atoms with Crippen molar-refractivity contribution in [2.75, 3.05) is 5.32 Å². The maximum atomic E-state index is 12.6. The summed E-state index contributed by atoms with van der Waals surface area (Å²) in [7, 11) is 0. The van der Waals surface area contributed by atoms with Crippen LogP contribution in [0.3, 0.4) is 0 Å². The Morgan fingerprint density at radius 1 is 1.06 bits per heavy atom. The fraction of sp³-hybridized carbons (Fsp3) is 0.115. The van der Waals surface area contributed by atoms with E-state index in [0.717, 1.165) is 37.8 Å². The molecule has 34 heavy (non-hydrogen) atoms. The van der Waals surface area contributed by atoms with E-state index in [1.807, 2.05) is 79.0 Å². The van der Waals surface area contributed by atoms with Gasteiger partial charge in [0.25, 0.3) is 0 Å². The maximum absolute atomic E-state index is 12.6. The SMILES string of the molecule is O=C1C[C@@H](c2ccc(OCc3ccc(Cl)cc3)cc2)c2cnn(-c3nc4ccccc4s3)c2N1. The Balaban J connectivity index is 1.25. The number of hydrogen-bond donors (Lipinski definition) is 1. The Kier molecular flexibility index (Phi) is 5.28. The molecule has 1 N–H and O–H groups in total. The zero-order chi connectivity index (χ0) is 23.1. The number of amides is 1. The van der Waals surface area contributed by atoms with Gasteiger partial charge in [0.15, 0.2) is 0 Å². The van der Waals surface area contributed by atoms with Gasteiger partial charge in [-0.1, -0.05) is 59.3 Å². The Hall–Kier alpha value is -3.68. The van der Waals surface area contributed by atoms with Crippen molar-refractivity contribution in [1.82, 2.24) is 14.8 Å². The van der Waals surface area contributed by atoms with Gasteiger partial charge in [0.05, 0.1) is 16.4 Å². The highest BCUT2D eigenvalue weighted by Gasteiger charge is 2.31. The normalized spacial score (nSPS) is 15.2. The smallest absolute Gasteiger partial charge is 0.226 e. The van der Waals surface area contributed by atoms with Gasteiger partial charge in [0, 0.05) is 22.9 Å². The Morgan fingerprint density at radius 3 is 2.65 bits per heavy atom. The van der Waals surface area contributed by atoms with Gasteiger partial charge in [-0.15, -0.1) is 0 Å². The molecular weight excluding hydrogens is 468 g/mol. The van der Waals surface area contributed by atoms with Gasteiger partial charge >= 0.3 is 0 Å². The summed E-state index contributed by atoms with van der Waals surface area (Å²) in [5, 5.41) is 9.01. The summed E-state index contributed by atoms with van der Waals surface area (Å²) in [6, 6.07) is 23.5. The molecule has 6 rings (SSSR count).